The maximum Gasteiger partial charge on any atom is 0.360 e. The number of carbonyl (C=O) groups is 1. The Hall–Kier alpha value is -2.48. The quantitative estimate of drug-likeness (QED) is 0.860. The molecule has 0 amide bonds. The summed E-state index contributed by atoms with van der Waals surface area (Å²) in [5.41, 5.74) is 5.88. The van der Waals surface area contributed by atoms with Gasteiger partial charge < -0.3 is 15.7 Å². The van der Waals surface area contributed by atoms with E-state index in [-0.39, 0.29) is 23.0 Å². The number of aryl methyl sites for hydroxylation is 1. The second kappa shape index (κ2) is 6.05. The lowest BCUT2D eigenvalue weighted by atomic mass is 10.0. The predicted molar refractivity (Wildman–Crippen MR) is 95.4 cm³/mol. The van der Waals surface area contributed by atoms with Gasteiger partial charge in [-0.1, -0.05) is 6.92 Å². The third kappa shape index (κ3) is 2.56. The van der Waals surface area contributed by atoms with Gasteiger partial charge in [0.25, 0.3) is 0 Å². The van der Waals surface area contributed by atoms with E-state index in [1.165, 1.54) is 0 Å². The van der Waals surface area contributed by atoms with Crippen molar-refractivity contribution in [3.63, 3.8) is 0 Å². The Labute approximate surface area is 149 Å². The number of aromatic carboxylic acids is 1. The van der Waals surface area contributed by atoms with E-state index in [0.717, 1.165) is 19.3 Å². The Morgan fingerprint density at radius 2 is 2.15 bits per heavy atom. The number of halogens is 1. The van der Waals surface area contributed by atoms with Crippen LogP contribution in [0.5, 0.6) is 0 Å². The van der Waals surface area contributed by atoms with E-state index in [0.29, 0.717) is 30.7 Å². The zero-order valence-electron chi connectivity index (χ0n) is 14.5. The first-order chi connectivity index (χ1) is 12.4. The van der Waals surface area contributed by atoms with Crippen molar-refractivity contribution < 1.29 is 14.3 Å². The number of nitrogens with zero attached hydrogens (tertiary/aromatic N) is 3. The van der Waals surface area contributed by atoms with Gasteiger partial charge in [-0.15, -0.1) is 0 Å². The fourth-order valence-corrected chi connectivity index (χ4v) is 3.75. The third-order valence-corrected chi connectivity index (χ3v) is 5.23. The summed E-state index contributed by atoms with van der Waals surface area (Å²) in [4.78, 5) is 26.1. The lowest BCUT2D eigenvalue weighted by molar-refractivity contribution is 0.0686. The number of fused-ring (bicyclic) bond motifs is 1. The van der Waals surface area contributed by atoms with Gasteiger partial charge in [-0.05, 0) is 31.7 Å². The highest BCUT2D eigenvalue weighted by molar-refractivity contribution is 5.93. The van der Waals surface area contributed by atoms with Gasteiger partial charge in [-0.2, -0.15) is 5.10 Å². The number of nitrogens with two attached hydrogens (primary N) is 1. The van der Waals surface area contributed by atoms with E-state index in [2.05, 4.69) is 5.10 Å². The molecule has 2 aromatic rings. The maximum absolute atomic E-state index is 15.2. The number of aromatic nitrogens is 2. The van der Waals surface area contributed by atoms with Crippen LogP contribution in [0.15, 0.2) is 10.9 Å². The van der Waals surface area contributed by atoms with Crippen LogP contribution < -0.4 is 16.1 Å². The van der Waals surface area contributed by atoms with Gasteiger partial charge in [0.15, 0.2) is 5.82 Å². The van der Waals surface area contributed by atoms with Crippen molar-refractivity contribution in [1.29, 1.82) is 0 Å². The topological polar surface area (TPSA) is 101 Å². The van der Waals surface area contributed by atoms with Crippen molar-refractivity contribution in [2.24, 2.45) is 5.73 Å². The summed E-state index contributed by atoms with van der Waals surface area (Å²) >= 11 is 0. The predicted octanol–water partition coefficient (Wildman–Crippen LogP) is 1.67. The van der Waals surface area contributed by atoms with Crippen LogP contribution in [-0.2, 0) is 6.42 Å². The molecule has 26 heavy (non-hydrogen) atoms. The molecular weight excluding hydrogens is 339 g/mol. The number of hydrogen-bond acceptors (Lipinski definition) is 5. The summed E-state index contributed by atoms with van der Waals surface area (Å²) < 4.78 is 16.8. The van der Waals surface area contributed by atoms with Gasteiger partial charge in [-0.3, -0.25) is 9.48 Å². The Morgan fingerprint density at radius 1 is 1.42 bits per heavy atom. The summed E-state index contributed by atoms with van der Waals surface area (Å²) in [5.74, 6) is -1.85. The fourth-order valence-electron chi connectivity index (χ4n) is 3.75. The minimum atomic E-state index is -1.39. The molecule has 2 heterocycles. The first kappa shape index (κ1) is 17.0. The number of carboxylic acid groups (broad SMARTS) is 1. The minimum absolute atomic E-state index is 0.00619. The molecule has 1 saturated carbocycles. The van der Waals surface area contributed by atoms with Crippen LogP contribution in [0.3, 0.4) is 0 Å². The molecule has 3 N–H and O–H groups in total. The zero-order chi connectivity index (χ0) is 18.6. The highest BCUT2D eigenvalue weighted by Crippen LogP contribution is 2.38. The molecule has 1 aliphatic carbocycles. The number of benzene rings is 1. The summed E-state index contributed by atoms with van der Waals surface area (Å²) in [6.07, 6.45) is 2.81. The number of rotatable bonds is 4. The molecule has 0 radical (unpaired) electrons. The average Bonchev–Trinajstić information content (AvgIpc) is 3.35. The van der Waals surface area contributed by atoms with E-state index in [1.807, 2.05) is 4.90 Å². The van der Waals surface area contributed by atoms with Crippen molar-refractivity contribution in [3.05, 3.63) is 33.4 Å². The SMILES string of the molecule is CCc1c(F)c(N2CC[C@H](N)C2)cc2c1c(=O)c(C(=O)O)nn2C1CC1. The summed E-state index contributed by atoms with van der Waals surface area (Å²) in [5, 5.41) is 13.6. The highest BCUT2D eigenvalue weighted by Gasteiger charge is 2.31. The van der Waals surface area contributed by atoms with Crippen LogP contribution in [-0.4, -0.2) is 40.0 Å². The maximum atomic E-state index is 15.2. The van der Waals surface area contributed by atoms with Crippen LogP contribution in [0.4, 0.5) is 10.1 Å². The van der Waals surface area contributed by atoms with Gasteiger partial charge >= 0.3 is 5.97 Å². The van der Waals surface area contributed by atoms with Gasteiger partial charge in [0, 0.05) is 24.7 Å². The van der Waals surface area contributed by atoms with Crippen molar-refractivity contribution in [3.8, 4) is 0 Å². The first-order valence-electron chi connectivity index (χ1n) is 8.94. The van der Waals surface area contributed by atoms with Gasteiger partial charge in [0.05, 0.1) is 22.6 Å². The molecule has 8 heteroatoms. The van der Waals surface area contributed by atoms with E-state index in [9.17, 15) is 14.7 Å². The Kier molecular flexibility index (Phi) is 3.95. The van der Waals surface area contributed by atoms with Crippen molar-refractivity contribution in [1.82, 2.24) is 9.78 Å². The second-order valence-corrected chi connectivity index (χ2v) is 7.09. The zero-order valence-corrected chi connectivity index (χ0v) is 14.5. The third-order valence-electron chi connectivity index (χ3n) is 5.23. The Balaban J connectivity index is 2.05. The summed E-state index contributed by atoms with van der Waals surface area (Å²) in [7, 11) is 0. The van der Waals surface area contributed by atoms with Gasteiger partial charge in [0.2, 0.25) is 11.1 Å². The van der Waals surface area contributed by atoms with Crippen LogP contribution in [0, 0.1) is 5.82 Å². The molecule has 0 spiro atoms. The summed E-state index contributed by atoms with van der Waals surface area (Å²) in [6, 6.07) is 1.69. The first-order valence-corrected chi connectivity index (χ1v) is 8.94. The van der Waals surface area contributed by atoms with E-state index >= 15 is 4.39 Å². The molecule has 1 aromatic heterocycles. The molecular formula is C18H21FN4O3. The lowest BCUT2D eigenvalue weighted by Gasteiger charge is -2.22. The Morgan fingerprint density at radius 3 is 2.69 bits per heavy atom. The summed E-state index contributed by atoms with van der Waals surface area (Å²) in [6.45, 7) is 2.97. The van der Waals surface area contributed by atoms with Crippen LogP contribution in [0.1, 0.15) is 48.3 Å². The number of anilines is 1. The highest BCUT2D eigenvalue weighted by atomic mass is 19.1. The van der Waals surface area contributed by atoms with E-state index < -0.39 is 22.9 Å². The van der Waals surface area contributed by atoms with E-state index in [4.69, 9.17) is 5.73 Å². The number of hydrogen-bond donors (Lipinski definition) is 2. The largest absolute Gasteiger partial charge is 0.476 e. The van der Waals surface area contributed by atoms with Crippen LogP contribution in [0.2, 0.25) is 0 Å². The Bertz CT molecular complexity index is 967. The van der Waals surface area contributed by atoms with Gasteiger partial charge in [0.1, 0.15) is 0 Å². The molecule has 1 aromatic carbocycles. The second-order valence-electron chi connectivity index (χ2n) is 7.09. The molecule has 4 rings (SSSR count). The monoisotopic (exact) mass is 360 g/mol. The molecule has 7 nitrogen and oxygen atoms in total. The molecule has 2 fully saturated rings. The standard InChI is InChI=1S/C18H21FN4O3/c1-2-11-14-12(7-13(15(11)19)22-6-5-9(20)8-22)23(10-3-4-10)21-16(17(14)24)18(25)26/h7,9-10H,2-6,8,20H2,1H3,(H,25,26)/t9-/m0/s1. The smallest absolute Gasteiger partial charge is 0.360 e. The molecule has 0 unspecified atom stereocenters. The number of carboxylic acids is 1. The van der Waals surface area contributed by atoms with Crippen molar-refractivity contribution >= 4 is 22.6 Å². The normalized spacial score (nSPS) is 20.1. The van der Waals surface area contributed by atoms with Crippen LogP contribution in [0.25, 0.3) is 10.9 Å². The van der Waals surface area contributed by atoms with E-state index in [1.54, 1.807) is 17.7 Å². The van der Waals surface area contributed by atoms with Crippen molar-refractivity contribution in [2.45, 2.75) is 44.7 Å². The van der Waals surface area contributed by atoms with Crippen LogP contribution >= 0.6 is 0 Å². The molecule has 138 valence electrons. The lowest BCUT2D eigenvalue weighted by Crippen LogP contribution is -2.28. The molecule has 1 saturated heterocycles. The molecule has 1 aliphatic heterocycles. The molecule has 0 bridgehead atoms. The molecule has 2 aliphatic rings. The minimum Gasteiger partial charge on any atom is -0.476 e. The van der Waals surface area contributed by atoms with Gasteiger partial charge in [-0.25, -0.2) is 9.18 Å². The van der Waals surface area contributed by atoms with Crippen molar-refractivity contribution in [2.75, 3.05) is 18.0 Å². The average molecular weight is 360 g/mol. The molecule has 1 atom stereocenters. The fraction of sp³-hybridized carbons (Fsp3) is 0.500.